The minimum absolute atomic E-state index is 0.160. The molecule has 1 aliphatic heterocycles. The lowest BCUT2D eigenvalue weighted by atomic mass is 10.0. The third-order valence-corrected chi connectivity index (χ3v) is 5.36. The number of H-pyrrole nitrogens is 1. The monoisotopic (exact) mass is 395 g/mol. The van der Waals surface area contributed by atoms with Crippen molar-refractivity contribution in [2.75, 3.05) is 19.6 Å². The normalized spacial score (nSPS) is 15.9. The number of aromatic nitrogens is 3. The SMILES string of the molecule is CC(C)CN1CCC(NC(=O)c2n[nH]c3ccc(-c4cncc(F)c4)cc23)CC1. The van der Waals surface area contributed by atoms with E-state index in [-0.39, 0.29) is 11.9 Å². The average molecular weight is 395 g/mol. The van der Waals surface area contributed by atoms with Crippen LogP contribution in [0.2, 0.25) is 0 Å². The van der Waals surface area contributed by atoms with Crippen LogP contribution in [0.3, 0.4) is 0 Å². The van der Waals surface area contributed by atoms with Crippen molar-refractivity contribution in [1.29, 1.82) is 0 Å². The van der Waals surface area contributed by atoms with Gasteiger partial charge in [0.05, 0.1) is 11.7 Å². The first-order chi connectivity index (χ1) is 14.0. The van der Waals surface area contributed by atoms with Crippen LogP contribution in [0.5, 0.6) is 0 Å². The molecule has 1 saturated heterocycles. The molecule has 152 valence electrons. The maximum Gasteiger partial charge on any atom is 0.272 e. The molecule has 3 heterocycles. The molecule has 4 rings (SSSR count). The summed E-state index contributed by atoms with van der Waals surface area (Å²) in [5.74, 6) is 0.0867. The summed E-state index contributed by atoms with van der Waals surface area (Å²) in [7, 11) is 0. The number of piperidine rings is 1. The number of likely N-dealkylation sites (tertiary alicyclic amines) is 1. The smallest absolute Gasteiger partial charge is 0.272 e. The van der Waals surface area contributed by atoms with Crippen LogP contribution in [0.25, 0.3) is 22.0 Å². The Bertz CT molecular complexity index is 1010. The summed E-state index contributed by atoms with van der Waals surface area (Å²) in [4.78, 5) is 19.2. The number of hydrogen-bond acceptors (Lipinski definition) is 4. The van der Waals surface area contributed by atoms with Gasteiger partial charge in [-0.25, -0.2) is 4.39 Å². The van der Waals surface area contributed by atoms with Gasteiger partial charge < -0.3 is 10.2 Å². The lowest BCUT2D eigenvalue weighted by Crippen LogP contribution is -2.45. The summed E-state index contributed by atoms with van der Waals surface area (Å²) in [5.41, 5.74) is 2.60. The zero-order valence-corrected chi connectivity index (χ0v) is 16.8. The molecule has 0 unspecified atom stereocenters. The first-order valence-corrected chi connectivity index (χ1v) is 10.1. The van der Waals surface area contributed by atoms with Gasteiger partial charge in [0, 0.05) is 42.8 Å². The Morgan fingerprint density at radius 3 is 2.76 bits per heavy atom. The lowest BCUT2D eigenvalue weighted by Gasteiger charge is -2.33. The summed E-state index contributed by atoms with van der Waals surface area (Å²) < 4.78 is 13.5. The van der Waals surface area contributed by atoms with Crippen molar-refractivity contribution in [3.8, 4) is 11.1 Å². The molecule has 2 aromatic heterocycles. The van der Waals surface area contributed by atoms with E-state index in [2.05, 4.69) is 39.2 Å². The quantitative estimate of drug-likeness (QED) is 0.692. The van der Waals surface area contributed by atoms with Gasteiger partial charge in [-0.05, 0) is 42.5 Å². The van der Waals surface area contributed by atoms with E-state index in [0.717, 1.165) is 48.9 Å². The second-order valence-corrected chi connectivity index (χ2v) is 8.17. The van der Waals surface area contributed by atoms with Crippen LogP contribution in [-0.4, -0.2) is 51.7 Å². The Labute approximate surface area is 169 Å². The van der Waals surface area contributed by atoms with Crippen LogP contribution in [-0.2, 0) is 0 Å². The number of halogens is 1. The van der Waals surface area contributed by atoms with E-state index in [9.17, 15) is 9.18 Å². The highest BCUT2D eigenvalue weighted by Gasteiger charge is 2.23. The van der Waals surface area contributed by atoms with Crippen LogP contribution in [0.4, 0.5) is 4.39 Å². The van der Waals surface area contributed by atoms with Crippen LogP contribution >= 0.6 is 0 Å². The Hall–Kier alpha value is -2.80. The van der Waals surface area contributed by atoms with Crippen molar-refractivity contribution < 1.29 is 9.18 Å². The van der Waals surface area contributed by atoms with E-state index in [1.165, 1.54) is 12.3 Å². The van der Waals surface area contributed by atoms with E-state index < -0.39 is 5.82 Å². The van der Waals surface area contributed by atoms with Crippen LogP contribution in [0.15, 0.2) is 36.7 Å². The van der Waals surface area contributed by atoms with Crippen LogP contribution < -0.4 is 5.32 Å². The fraction of sp³-hybridized carbons (Fsp3) is 0.409. The van der Waals surface area contributed by atoms with Crippen molar-refractivity contribution in [2.45, 2.75) is 32.7 Å². The highest BCUT2D eigenvalue weighted by atomic mass is 19.1. The highest BCUT2D eigenvalue weighted by Crippen LogP contribution is 2.25. The summed E-state index contributed by atoms with van der Waals surface area (Å²) in [6, 6.07) is 7.16. The molecule has 2 N–H and O–H groups in total. The van der Waals surface area contributed by atoms with Gasteiger partial charge in [-0.1, -0.05) is 19.9 Å². The number of carbonyl (C=O) groups excluding carboxylic acids is 1. The second-order valence-electron chi connectivity index (χ2n) is 8.17. The fourth-order valence-electron chi connectivity index (χ4n) is 3.97. The maximum absolute atomic E-state index is 13.5. The summed E-state index contributed by atoms with van der Waals surface area (Å²) in [6.45, 7) is 7.56. The van der Waals surface area contributed by atoms with Crippen molar-refractivity contribution >= 4 is 16.8 Å². The molecular weight excluding hydrogens is 369 g/mol. The molecule has 29 heavy (non-hydrogen) atoms. The molecule has 1 amide bonds. The minimum Gasteiger partial charge on any atom is -0.348 e. The number of carbonyl (C=O) groups is 1. The number of hydrogen-bond donors (Lipinski definition) is 2. The number of benzene rings is 1. The molecule has 0 bridgehead atoms. The Morgan fingerprint density at radius 1 is 1.24 bits per heavy atom. The fourth-order valence-corrected chi connectivity index (χ4v) is 3.97. The number of nitrogens with one attached hydrogen (secondary N) is 2. The molecule has 0 atom stereocenters. The second kappa shape index (κ2) is 8.29. The Morgan fingerprint density at radius 2 is 2.03 bits per heavy atom. The van der Waals surface area contributed by atoms with Gasteiger partial charge in [0.1, 0.15) is 5.82 Å². The number of rotatable bonds is 5. The highest BCUT2D eigenvalue weighted by molar-refractivity contribution is 6.05. The van der Waals surface area contributed by atoms with Crippen LogP contribution in [0.1, 0.15) is 37.2 Å². The van der Waals surface area contributed by atoms with Crippen molar-refractivity contribution in [2.24, 2.45) is 5.92 Å². The molecule has 7 heteroatoms. The lowest BCUT2D eigenvalue weighted by molar-refractivity contribution is 0.0904. The standard InChI is InChI=1S/C22H26FN5O/c1-14(2)13-28-7-5-18(6-8-28)25-22(29)21-19-10-15(3-4-20(19)26-27-21)16-9-17(23)12-24-11-16/h3-4,9-12,14,18H,5-8,13H2,1-2H3,(H,25,29)(H,26,27). The third kappa shape index (κ3) is 4.45. The van der Waals surface area contributed by atoms with Crippen LogP contribution in [0, 0.1) is 11.7 Å². The third-order valence-electron chi connectivity index (χ3n) is 5.36. The predicted molar refractivity (Wildman–Crippen MR) is 111 cm³/mol. The van der Waals surface area contributed by atoms with Gasteiger partial charge in [0.25, 0.3) is 5.91 Å². The summed E-state index contributed by atoms with van der Waals surface area (Å²) in [5, 5.41) is 11.0. The zero-order valence-electron chi connectivity index (χ0n) is 16.8. The topological polar surface area (TPSA) is 73.9 Å². The first kappa shape index (κ1) is 19.5. The van der Waals surface area contributed by atoms with Gasteiger partial charge in [-0.3, -0.25) is 14.9 Å². The Kier molecular flexibility index (Phi) is 5.58. The number of amides is 1. The molecule has 3 aromatic rings. The molecule has 1 aliphatic rings. The largest absolute Gasteiger partial charge is 0.348 e. The Balaban J connectivity index is 1.49. The summed E-state index contributed by atoms with van der Waals surface area (Å²) >= 11 is 0. The minimum atomic E-state index is -0.392. The molecule has 0 aliphatic carbocycles. The van der Waals surface area contributed by atoms with Gasteiger partial charge in [-0.15, -0.1) is 0 Å². The number of nitrogens with zero attached hydrogens (tertiary/aromatic N) is 3. The van der Waals surface area contributed by atoms with E-state index >= 15 is 0 Å². The average Bonchev–Trinajstić information content (AvgIpc) is 3.12. The first-order valence-electron chi connectivity index (χ1n) is 10.1. The molecule has 6 nitrogen and oxygen atoms in total. The van der Waals surface area contributed by atoms with Crippen molar-refractivity contribution in [3.05, 3.63) is 48.2 Å². The van der Waals surface area contributed by atoms with E-state index in [0.29, 0.717) is 17.2 Å². The van der Waals surface area contributed by atoms with E-state index in [1.54, 1.807) is 6.20 Å². The predicted octanol–water partition coefficient (Wildman–Crippen LogP) is 3.61. The zero-order chi connectivity index (χ0) is 20.4. The molecule has 0 saturated carbocycles. The number of pyridine rings is 1. The van der Waals surface area contributed by atoms with Gasteiger partial charge in [0.15, 0.2) is 5.69 Å². The number of fused-ring (bicyclic) bond motifs is 1. The molecule has 1 fully saturated rings. The van der Waals surface area contributed by atoms with Crippen molar-refractivity contribution in [3.63, 3.8) is 0 Å². The molecule has 0 spiro atoms. The number of aromatic amines is 1. The molecule has 0 radical (unpaired) electrons. The van der Waals surface area contributed by atoms with Gasteiger partial charge in [-0.2, -0.15) is 5.10 Å². The van der Waals surface area contributed by atoms with E-state index in [4.69, 9.17) is 0 Å². The molecular formula is C22H26FN5O. The van der Waals surface area contributed by atoms with Gasteiger partial charge >= 0.3 is 0 Å². The van der Waals surface area contributed by atoms with E-state index in [1.807, 2.05) is 18.2 Å². The van der Waals surface area contributed by atoms with Crippen molar-refractivity contribution in [1.82, 2.24) is 25.4 Å². The van der Waals surface area contributed by atoms with Gasteiger partial charge in [0.2, 0.25) is 0 Å². The molecule has 1 aromatic carbocycles. The summed E-state index contributed by atoms with van der Waals surface area (Å²) in [6.07, 6.45) is 4.67. The maximum atomic E-state index is 13.5.